The highest BCUT2D eigenvalue weighted by Gasteiger charge is 2.07. The fraction of sp³-hybridized carbons (Fsp3) is 0.731. The van der Waals surface area contributed by atoms with Crippen molar-refractivity contribution in [3.05, 3.63) is 27.8 Å². The van der Waals surface area contributed by atoms with Crippen LogP contribution in [-0.4, -0.2) is 23.0 Å². The molecule has 0 amide bonds. The molecule has 32 heavy (non-hydrogen) atoms. The van der Waals surface area contributed by atoms with Gasteiger partial charge in [0.05, 0.1) is 0 Å². The van der Waals surface area contributed by atoms with Crippen LogP contribution >= 0.6 is 12.2 Å². The van der Waals surface area contributed by atoms with Crippen LogP contribution in [0.25, 0.3) is 0 Å². The van der Waals surface area contributed by atoms with Gasteiger partial charge in [-0.3, -0.25) is 0 Å². The Kier molecular flexibility index (Phi) is 16.7. The van der Waals surface area contributed by atoms with E-state index >= 15 is 0 Å². The summed E-state index contributed by atoms with van der Waals surface area (Å²) in [6, 6.07) is 1.38. The molecule has 2 N–H and O–H groups in total. The Morgan fingerprint density at radius 1 is 0.938 bits per heavy atom. The van der Waals surface area contributed by atoms with Gasteiger partial charge < -0.3 is 14.8 Å². The zero-order valence-corrected chi connectivity index (χ0v) is 21.1. The molecule has 5 nitrogen and oxygen atoms in total. The van der Waals surface area contributed by atoms with Gasteiger partial charge >= 0.3 is 5.63 Å². The predicted octanol–water partition coefficient (Wildman–Crippen LogP) is 7.21. The molecule has 0 atom stereocenters. The molecule has 1 aromatic heterocycles. The second kappa shape index (κ2) is 18.8. The van der Waals surface area contributed by atoms with E-state index in [0.29, 0.717) is 10.9 Å². The minimum absolute atomic E-state index is 0.0159. The van der Waals surface area contributed by atoms with Crippen LogP contribution in [0.3, 0.4) is 0 Å². The number of hydrogen-bond acceptors (Lipinski definition) is 4. The van der Waals surface area contributed by atoms with Crippen molar-refractivity contribution in [1.29, 1.82) is 0 Å². The fourth-order valence-corrected chi connectivity index (χ4v) is 3.92. The van der Waals surface area contributed by atoms with Crippen LogP contribution in [0.5, 0.6) is 5.75 Å². The molecule has 0 bridgehead atoms. The van der Waals surface area contributed by atoms with E-state index in [1.165, 1.54) is 109 Å². The minimum atomic E-state index is -0.619. The van der Waals surface area contributed by atoms with Gasteiger partial charge in [0.15, 0.2) is 5.11 Å². The van der Waals surface area contributed by atoms with E-state index in [4.69, 9.17) is 16.6 Å². The van der Waals surface area contributed by atoms with Crippen LogP contribution in [0.4, 0.5) is 0 Å². The van der Waals surface area contributed by atoms with Crippen molar-refractivity contribution in [2.75, 3.05) is 6.54 Å². The van der Waals surface area contributed by atoms with Crippen LogP contribution in [-0.2, 0) is 0 Å². The first-order valence-corrected chi connectivity index (χ1v) is 13.1. The average Bonchev–Trinajstić information content (AvgIpc) is 2.75. The summed E-state index contributed by atoms with van der Waals surface area (Å²) in [6.45, 7) is 4.64. The summed E-state index contributed by atoms with van der Waals surface area (Å²) in [5.41, 5.74) is -0.603. The molecular formula is C26H44N2O3S. The van der Waals surface area contributed by atoms with E-state index in [-0.39, 0.29) is 11.3 Å². The molecule has 1 heterocycles. The largest absolute Gasteiger partial charge is 0.507 e. The molecule has 182 valence electrons. The Hall–Kier alpha value is -1.69. The monoisotopic (exact) mass is 464 g/mol. The quantitative estimate of drug-likeness (QED) is 0.136. The van der Waals surface area contributed by atoms with Crippen molar-refractivity contribution in [2.24, 2.45) is 4.99 Å². The average molecular weight is 465 g/mol. The van der Waals surface area contributed by atoms with Crippen LogP contribution in [0.1, 0.15) is 121 Å². The third-order valence-corrected chi connectivity index (χ3v) is 5.96. The van der Waals surface area contributed by atoms with Gasteiger partial charge in [0.1, 0.15) is 17.1 Å². The standard InChI is InChI=1S/C26H44N2O3S/c1-3-4-5-6-7-8-9-10-11-12-13-14-15-16-17-18-19-27-26(32)28-21-23-24(29)20-22(2)31-25(23)30/h20-21,29H,3-19H2,1-2H3,(H,27,32). The lowest BCUT2D eigenvalue weighted by molar-refractivity contribution is 0.433. The van der Waals surface area contributed by atoms with Gasteiger partial charge in [0.25, 0.3) is 0 Å². The van der Waals surface area contributed by atoms with Crippen molar-refractivity contribution >= 4 is 23.5 Å². The van der Waals surface area contributed by atoms with E-state index in [2.05, 4.69) is 17.2 Å². The highest BCUT2D eigenvalue weighted by molar-refractivity contribution is 7.80. The van der Waals surface area contributed by atoms with Gasteiger partial charge in [-0.25, -0.2) is 9.79 Å². The second-order valence-corrected chi connectivity index (χ2v) is 9.12. The van der Waals surface area contributed by atoms with E-state index in [0.717, 1.165) is 13.0 Å². The number of nitrogens with zero attached hydrogens (tertiary/aromatic N) is 1. The number of thiocarbonyl (C=S) groups is 1. The number of rotatable bonds is 18. The molecule has 0 spiro atoms. The Balaban J connectivity index is 1.92. The number of aryl methyl sites for hydroxylation is 1. The number of unbranched alkanes of at least 4 members (excludes halogenated alkanes) is 15. The van der Waals surface area contributed by atoms with Crippen LogP contribution in [0.15, 0.2) is 20.3 Å². The molecule has 6 heteroatoms. The van der Waals surface area contributed by atoms with Gasteiger partial charge in [0.2, 0.25) is 0 Å². The normalized spacial score (nSPS) is 11.3. The van der Waals surface area contributed by atoms with Crippen LogP contribution < -0.4 is 10.9 Å². The number of nitrogens with one attached hydrogen (secondary N) is 1. The molecule has 0 aliphatic rings. The second-order valence-electron chi connectivity index (χ2n) is 8.74. The molecule has 1 aromatic rings. The molecule has 0 saturated carbocycles. The Morgan fingerprint density at radius 3 is 1.88 bits per heavy atom. The lowest BCUT2D eigenvalue weighted by atomic mass is 10.0. The maximum absolute atomic E-state index is 11.7. The summed E-state index contributed by atoms with van der Waals surface area (Å²) in [5.74, 6) is 0.206. The molecule has 0 radical (unpaired) electrons. The molecule has 0 fully saturated rings. The Bertz CT molecular complexity index is 716. The van der Waals surface area contributed by atoms with E-state index in [1.54, 1.807) is 6.92 Å². The number of aliphatic imine (C=N–C) groups is 1. The maximum Gasteiger partial charge on any atom is 0.348 e. The van der Waals surface area contributed by atoms with Gasteiger partial charge in [-0.15, -0.1) is 0 Å². The molecule has 0 aliphatic heterocycles. The predicted molar refractivity (Wildman–Crippen MR) is 139 cm³/mol. The first kappa shape index (κ1) is 28.3. The van der Waals surface area contributed by atoms with Gasteiger partial charge in [-0.05, 0) is 25.6 Å². The third kappa shape index (κ3) is 14.4. The Morgan fingerprint density at radius 2 is 1.41 bits per heavy atom. The third-order valence-electron chi connectivity index (χ3n) is 5.71. The minimum Gasteiger partial charge on any atom is -0.507 e. The van der Waals surface area contributed by atoms with Gasteiger partial charge in [-0.1, -0.05) is 103 Å². The summed E-state index contributed by atoms with van der Waals surface area (Å²) in [5, 5.41) is 13.2. The summed E-state index contributed by atoms with van der Waals surface area (Å²) in [7, 11) is 0. The summed E-state index contributed by atoms with van der Waals surface area (Å²) < 4.78 is 4.95. The van der Waals surface area contributed by atoms with E-state index in [1.807, 2.05) is 0 Å². The lowest BCUT2D eigenvalue weighted by Crippen LogP contribution is -2.21. The van der Waals surface area contributed by atoms with Gasteiger partial charge in [0, 0.05) is 18.8 Å². The number of hydrogen-bond donors (Lipinski definition) is 2. The maximum atomic E-state index is 11.7. The van der Waals surface area contributed by atoms with Crippen molar-refractivity contribution < 1.29 is 9.52 Å². The fourth-order valence-electron chi connectivity index (χ4n) is 3.76. The highest BCUT2D eigenvalue weighted by Crippen LogP contribution is 2.14. The van der Waals surface area contributed by atoms with Crippen molar-refractivity contribution in [2.45, 2.75) is 117 Å². The molecule has 0 unspecified atom stereocenters. The first-order valence-electron chi connectivity index (χ1n) is 12.7. The lowest BCUT2D eigenvalue weighted by Gasteiger charge is -2.05. The molecule has 0 aromatic carbocycles. The SMILES string of the molecule is CCCCCCCCCCCCCCCCCCNC(=S)N=Cc1c(O)cc(C)oc1=O. The smallest absolute Gasteiger partial charge is 0.348 e. The zero-order chi connectivity index (χ0) is 23.4. The molecule has 1 rings (SSSR count). The van der Waals surface area contributed by atoms with Crippen molar-refractivity contribution in [3.63, 3.8) is 0 Å². The van der Waals surface area contributed by atoms with E-state index < -0.39 is 5.63 Å². The highest BCUT2D eigenvalue weighted by atomic mass is 32.1. The zero-order valence-electron chi connectivity index (χ0n) is 20.3. The van der Waals surface area contributed by atoms with E-state index in [9.17, 15) is 9.90 Å². The summed E-state index contributed by atoms with van der Waals surface area (Å²) >= 11 is 5.15. The van der Waals surface area contributed by atoms with Gasteiger partial charge in [-0.2, -0.15) is 0 Å². The molecule has 0 saturated heterocycles. The Labute approximate surface area is 200 Å². The summed E-state index contributed by atoms with van der Waals surface area (Å²) in [4.78, 5) is 15.7. The topological polar surface area (TPSA) is 74.8 Å². The van der Waals surface area contributed by atoms with Crippen LogP contribution in [0, 0.1) is 6.92 Å². The summed E-state index contributed by atoms with van der Waals surface area (Å²) in [6.07, 6.45) is 22.8. The van der Waals surface area contributed by atoms with Crippen molar-refractivity contribution in [3.8, 4) is 5.75 Å². The molecule has 0 aliphatic carbocycles. The first-order chi connectivity index (χ1) is 15.5. The van der Waals surface area contributed by atoms with Crippen LogP contribution in [0.2, 0.25) is 0 Å². The molecular weight excluding hydrogens is 420 g/mol. The van der Waals surface area contributed by atoms with Crippen molar-refractivity contribution in [1.82, 2.24) is 5.32 Å². The number of aromatic hydroxyl groups is 1.